The summed E-state index contributed by atoms with van der Waals surface area (Å²) < 4.78 is 5.62. The number of nitrogens with one attached hydrogen (secondary N) is 2. The molecular formula is C19H24N2O5. The van der Waals surface area contributed by atoms with Crippen molar-refractivity contribution in [2.24, 2.45) is 5.41 Å². The minimum atomic E-state index is -1.37. The average molecular weight is 360 g/mol. The molecule has 3 N–H and O–H groups in total. The van der Waals surface area contributed by atoms with Gasteiger partial charge < -0.3 is 20.5 Å². The predicted octanol–water partition coefficient (Wildman–Crippen LogP) is 1.96. The van der Waals surface area contributed by atoms with Gasteiger partial charge in [0.2, 0.25) is 5.91 Å². The summed E-state index contributed by atoms with van der Waals surface area (Å²) >= 11 is 0. The summed E-state index contributed by atoms with van der Waals surface area (Å²) in [7, 11) is 0. The van der Waals surface area contributed by atoms with Crippen molar-refractivity contribution >= 4 is 23.5 Å². The van der Waals surface area contributed by atoms with Crippen LogP contribution in [0.5, 0.6) is 0 Å². The molecule has 0 bridgehead atoms. The molecule has 1 fully saturated rings. The zero-order chi connectivity index (χ0) is 19.1. The number of carbonyl (C=O) groups is 3. The Morgan fingerprint density at radius 3 is 2.69 bits per heavy atom. The smallest absolute Gasteiger partial charge is 0.330 e. The van der Waals surface area contributed by atoms with Crippen LogP contribution in [0.2, 0.25) is 0 Å². The third-order valence-corrected chi connectivity index (χ3v) is 5.72. The molecule has 1 aromatic carbocycles. The topological polar surface area (TPSA) is 105 Å². The van der Waals surface area contributed by atoms with Crippen LogP contribution in [-0.2, 0) is 20.7 Å². The van der Waals surface area contributed by atoms with Gasteiger partial charge in [-0.25, -0.2) is 4.79 Å². The zero-order valence-corrected chi connectivity index (χ0v) is 15.2. The maximum absolute atomic E-state index is 12.8. The Bertz CT molecular complexity index is 773. The van der Waals surface area contributed by atoms with Gasteiger partial charge in [0.05, 0.1) is 6.10 Å². The zero-order valence-electron chi connectivity index (χ0n) is 15.2. The molecule has 1 aliphatic carbocycles. The second kappa shape index (κ2) is 6.39. The van der Waals surface area contributed by atoms with Crippen LogP contribution in [0.4, 0.5) is 5.69 Å². The fourth-order valence-corrected chi connectivity index (χ4v) is 3.83. The van der Waals surface area contributed by atoms with Crippen LogP contribution in [0.25, 0.3) is 0 Å². The third kappa shape index (κ3) is 2.76. The lowest BCUT2D eigenvalue weighted by atomic mass is 9.54. The van der Waals surface area contributed by atoms with E-state index in [2.05, 4.69) is 10.6 Å². The number of ether oxygens (including phenoxy) is 1. The number of hydrogen-bond acceptors (Lipinski definition) is 4. The van der Waals surface area contributed by atoms with Gasteiger partial charge in [0.15, 0.2) is 0 Å². The highest BCUT2D eigenvalue weighted by molar-refractivity contribution is 6.00. The molecular weight excluding hydrogens is 336 g/mol. The highest BCUT2D eigenvalue weighted by Gasteiger charge is 2.66. The van der Waals surface area contributed by atoms with Crippen molar-refractivity contribution in [3.63, 3.8) is 0 Å². The van der Waals surface area contributed by atoms with Crippen LogP contribution in [0.3, 0.4) is 0 Å². The number of amides is 2. The first-order valence-corrected chi connectivity index (χ1v) is 8.81. The van der Waals surface area contributed by atoms with Crippen LogP contribution in [0, 0.1) is 5.41 Å². The first kappa shape index (κ1) is 18.4. The van der Waals surface area contributed by atoms with Gasteiger partial charge in [-0.05, 0) is 37.1 Å². The van der Waals surface area contributed by atoms with E-state index in [0.29, 0.717) is 30.7 Å². The molecule has 0 spiro atoms. The fraction of sp³-hybridized carbons (Fsp3) is 0.526. The van der Waals surface area contributed by atoms with Crippen molar-refractivity contribution in [1.82, 2.24) is 5.32 Å². The van der Waals surface area contributed by atoms with Crippen molar-refractivity contribution < 1.29 is 24.2 Å². The lowest BCUT2D eigenvalue weighted by Crippen LogP contribution is -2.76. The van der Waals surface area contributed by atoms with Crippen molar-refractivity contribution in [2.45, 2.75) is 51.7 Å². The van der Waals surface area contributed by atoms with E-state index in [1.54, 1.807) is 32.0 Å². The number of carboxylic acid groups (broad SMARTS) is 1. The molecule has 1 aliphatic heterocycles. The molecule has 26 heavy (non-hydrogen) atoms. The van der Waals surface area contributed by atoms with E-state index < -0.39 is 22.8 Å². The molecule has 7 heteroatoms. The van der Waals surface area contributed by atoms with Crippen molar-refractivity contribution in [3.05, 3.63) is 29.3 Å². The Morgan fingerprint density at radius 2 is 2.08 bits per heavy atom. The molecule has 0 radical (unpaired) electrons. The lowest BCUT2D eigenvalue weighted by molar-refractivity contribution is -0.190. The first-order chi connectivity index (χ1) is 12.2. The van der Waals surface area contributed by atoms with Gasteiger partial charge in [0, 0.05) is 36.1 Å². The summed E-state index contributed by atoms with van der Waals surface area (Å²) in [5, 5.41) is 15.3. The normalized spacial score (nSPS) is 26.3. The second-order valence-corrected chi connectivity index (χ2v) is 7.45. The average Bonchev–Trinajstić information content (AvgIpc) is 2.59. The van der Waals surface area contributed by atoms with E-state index in [1.807, 2.05) is 6.92 Å². The van der Waals surface area contributed by atoms with Gasteiger partial charge in [-0.3, -0.25) is 9.59 Å². The van der Waals surface area contributed by atoms with Gasteiger partial charge in [-0.2, -0.15) is 0 Å². The maximum atomic E-state index is 12.8. The first-order valence-electron chi connectivity index (χ1n) is 8.81. The molecule has 2 atom stereocenters. The Morgan fingerprint density at radius 1 is 1.35 bits per heavy atom. The third-order valence-electron chi connectivity index (χ3n) is 5.72. The van der Waals surface area contributed by atoms with Crippen LogP contribution < -0.4 is 10.6 Å². The second-order valence-electron chi connectivity index (χ2n) is 7.45. The molecule has 140 valence electrons. The SMILES string of the molecule is CCOC1CC(NC(=O)c2ccc3c(c2)CCC(=O)N3)(C(=O)O)C1(C)C. The minimum absolute atomic E-state index is 0.0438. The molecule has 2 unspecified atom stereocenters. The summed E-state index contributed by atoms with van der Waals surface area (Å²) in [6.07, 6.45) is 0.947. The quantitative estimate of drug-likeness (QED) is 0.744. The van der Waals surface area contributed by atoms with Gasteiger partial charge in [0.1, 0.15) is 5.54 Å². The highest BCUT2D eigenvalue weighted by atomic mass is 16.5. The van der Waals surface area contributed by atoms with Crippen LogP contribution >= 0.6 is 0 Å². The molecule has 3 rings (SSSR count). The number of rotatable bonds is 5. The number of aryl methyl sites for hydroxylation is 1. The lowest BCUT2D eigenvalue weighted by Gasteiger charge is -2.58. The predicted molar refractivity (Wildman–Crippen MR) is 95.0 cm³/mol. The summed E-state index contributed by atoms with van der Waals surface area (Å²) in [4.78, 5) is 36.2. The van der Waals surface area contributed by atoms with Gasteiger partial charge in [-0.15, -0.1) is 0 Å². The molecule has 7 nitrogen and oxygen atoms in total. The Kier molecular flexibility index (Phi) is 4.52. The summed E-state index contributed by atoms with van der Waals surface area (Å²) in [6.45, 7) is 5.96. The molecule has 1 aromatic rings. The maximum Gasteiger partial charge on any atom is 0.330 e. The van der Waals surface area contributed by atoms with Crippen LogP contribution in [0.15, 0.2) is 18.2 Å². The van der Waals surface area contributed by atoms with Gasteiger partial charge in [-0.1, -0.05) is 13.8 Å². The molecule has 1 saturated carbocycles. The van der Waals surface area contributed by atoms with E-state index >= 15 is 0 Å². The van der Waals surface area contributed by atoms with Gasteiger partial charge in [0.25, 0.3) is 5.91 Å². The number of fused-ring (bicyclic) bond motifs is 1. The summed E-state index contributed by atoms with van der Waals surface area (Å²) in [5.74, 6) is -1.54. The molecule has 0 aromatic heterocycles. The van der Waals surface area contributed by atoms with Crippen molar-refractivity contribution in [3.8, 4) is 0 Å². The Hall–Kier alpha value is -2.41. The number of benzene rings is 1. The number of anilines is 1. The number of hydrogen-bond donors (Lipinski definition) is 3. The standard InChI is InChI=1S/C19H24N2O5/c1-4-26-14-10-19(17(24)25,18(14,2)3)21-16(23)12-5-7-13-11(9-12)6-8-15(22)20-13/h5,7,9,14H,4,6,8,10H2,1-3H3,(H,20,22)(H,21,23)(H,24,25). The largest absolute Gasteiger partial charge is 0.479 e. The van der Waals surface area contributed by atoms with Gasteiger partial charge >= 0.3 is 5.97 Å². The molecule has 2 amide bonds. The fourth-order valence-electron chi connectivity index (χ4n) is 3.83. The van der Waals surface area contributed by atoms with E-state index in [0.717, 1.165) is 5.56 Å². The van der Waals surface area contributed by atoms with Crippen LogP contribution in [-0.4, -0.2) is 41.1 Å². The number of carbonyl (C=O) groups excluding carboxylic acids is 2. The Labute approximate surface area is 152 Å². The molecule has 0 saturated heterocycles. The van der Waals surface area contributed by atoms with E-state index in [-0.39, 0.29) is 18.4 Å². The van der Waals surface area contributed by atoms with Crippen LogP contribution in [0.1, 0.15) is 49.5 Å². The van der Waals surface area contributed by atoms with E-state index in [1.165, 1.54) is 0 Å². The molecule has 2 aliphatic rings. The number of aliphatic carboxylic acids is 1. The van der Waals surface area contributed by atoms with Crippen molar-refractivity contribution in [2.75, 3.05) is 11.9 Å². The minimum Gasteiger partial charge on any atom is -0.479 e. The Balaban J connectivity index is 1.82. The van der Waals surface area contributed by atoms with Crippen molar-refractivity contribution in [1.29, 1.82) is 0 Å². The summed E-state index contributed by atoms with van der Waals surface area (Å²) in [5.41, 5.74) is -0.134. The highest BCUT2D eigenvalue weighted by Crippen LogP contribution is 2.51. The molecule has 1 heterocycles. The van der Waals surface area contributed by atoms with E-state index in [9.17, 15) is 19.5 Å². The number of carboxylic acids is 1. The van der Waals surface area contributed by atoms with E-state index in [4.69, 9.17) is 4.74 Å². The summed E-state index contributed by atoms with van der Waals surface area (Å²) in [6, 6.07) is 5.00. The monoisotopic (exact) mass is 360 g/mol.